The Labute approximate surface area is 159 Å². The number of ether oxygens (including phenoxy) is 1. The number of hydrogen-bond donors (Lipinski definition) is 0. The Bertz CT molecular complexity index is 924. The summed E-state index contributed by atoms with van der Waals surface area (Å²) in [6, 6.07) is 8.40. The van der Waals surface area contributed by atoms with Crippen molar-refractivity contribution in [1.82, 2.24) is 19.7 Å². The molecule has 0 saturated heterocycles. The Morgan fingerprint density at radius 1 is 1.22 bits per heavy atom. The standard InChI is InChI=1S/C21H26N4O2/c1-14(2)26-17-7-5-16(6-8-17)12-25-10-9-19-18(13-25)20(23-24(19)4)21-22-11-15(3)27-21/h5-8,11,14H,9-10,12-13H2,1-4H3. The maximum absolute atomic E-state index is 5.73. The van der Waals surface area contributed by atoms with Gasteiger partial charge in [0, 0.05) is 44.4 Å². The molecule has 3 heterocycles. The molecule has 1 aliphatic heterocycles. The Hall–Kier alpha value is -2.60. The van der Waals surface area contributed by atoms with E-state index in [1.54, 1.807) is 6.20 Å². The molecular weight excluding hydrogens is 340 g/mol. The lowest BCUT2D eigenvalue weighted by molar-refractivity contribution is 0.239. The Balaban J connectivity index is 1.51. The fraction of sp³-hybridized carbons (Fsp3) is 0.429. The highest BCUT2D eigenvalue weighted by Gasteiger charge is 2.26. The van der Waals surface area contributed by atoms with Crippen LogP contribution in [-0.4, -0.2) is 32.3 Å². The molecule has 0 radical (unpaired) electrons. The molecule has 0 fully saturated rings. The number of benzene rings is 1. The summed E-state index contributed by atoms with van der Waals surface area (Å²) in [5, 5.41) is 4.67. The van der Waals surface area contributed by atoms with Gasteiger partial charge in [0.2, 0.25) is 5.89 Å². The number of fused-ring (bicyclic) bond motifs is 1. The van der Waals surface area contributed by atoms with E-state index >= 15 is 0 Å². The van der Waals surface area contributed by atoms with Crippen LogP contribution < -0.4 is 4.74 Å². The van der Waals surface area contributed by atoms with Gasteiger partial charge in [0.15, 0.2) is 5.69 Å². The molecule has 142 valence electrons. The van der Waals surface area contributed by atoms with Crippen molar-refractivity contribution in [3.05, 3.63) is 53.0 Å². The van der Waals surface area contributed by atoms with Gasteiger partial charge in [-0.15, -0.1) is 0 Å². The molecule has 4 rings (SSSR count). The predicted octanol–water partition coefficient (Wildman–Crippen LogP) is 3.73. The van der Waals surface area contributed by atoms with Crippen LogP contribution in [0.2, 0.25) is 0 Å². The zero-order valence-electron chi connectivity index (χ0n) is 16.4. The first-order valence-electron chi connectivity index (χ1n) is 9.45. The van der Waals surface area contributed by atoms with Gasteiger partial charge < -0.3 is 9.15 Å². The van der Waals surface area contributed by atoms with Crippen LogP contribution in [0.5, 0.6) is 5.75 Å². The number of aromatic nitrogens is 3. The first kappa shape index (κ1) is 17.8. The zero-order chi connectivity index (χ0) is 19.0. The molecule has 1 aliphatic rings. The lowest BCUT2D eigenvalue weighted by Crippen LogP contribution is -2.30. The van der Waals surface area contributed by atoms with Crippen molar-refractivity contribution in [1.29, 1.82) is 0 Å². The summed E-state index contributed by atoms with van der Waals surface area (Å²) in [7, 11) is 2.00. The molecule has 0 atom stereocenters. The third-order valence-corrected chi connectivity index (χ3v) is 4.85. The molecule has 0 saturated carbocycles. The van der Waals surface area contributed by atoms with Crippen LogP contribution >= 0.6 is 0 Å². The van der Waals surface area contributed by atoms with E-state index in [1.165, 1.54) is 16.8 Å². The Kier molecular flexibility index (Phi) is 4.74. The molecule has 0 N–H and O–H groups in total. The van der Waals surface area contributed by atoms with Gasteiger partial charge in [-0.05, 0) is 38.5 Å². The molecule has 0 unspecified atom stereocenters. The highest BCUT2D eigenvalue weighted by Crippen LogP contribution is 2.30. The van der Waals surface area contributed by atoms with Gasteiger partial charge in [0.1, 0.15) is 11.5 Å². The Morgan fingerprint density at radius 2 is 2.00 bits per heavy atom. The van der Waals surface area contributed by atoms with Gasteiger partial charge in [0.05, 0.1) is 12.3 Å². The average molecular weight is 366 g/mol. The lowest BCUT2D eigenvalue weighted by atomic mass is 10.0. The zero-order valence-corrected chi connectivity index (χ0v) is 16.4. The molecule has 0 bridgehead atoms. The predicted molar refractivity (Wildman–Crippen MR) is 103 cm³/mol. The van der Waals surface area contributed by atoms with Crippen LogP contribution in [-0.2, 0) is 26.6 Å². The van der Waals surface area contributed by atoms with Gasteiger partial charge in [-0.3, -0.25) is 9.58 Å². The summed E-state index contributed by atoms with van der Waals surface area (Å²) in [6.45, 7) is 8.76. The van der Waals surface area contributed by atoms with Crippen LogP contribution in [0.4, 0.5) is 0 Å². The van der Waals surface area contributed by atoms with Gasteiger partial charge in [-0.25, -0.2) is 4.98 Å². The summed E-state index contributed by atoms with van der Waals surface area (Å²) in [5.74, 6) is 2.34. The molecule has 0 aliphatic carbocycles. The molecule has 2 aromatic heterocycles. The minimum atomic E-state index is 0.194. The topological polar surface area (TPSA) is 56.3 Å². The molecule has 27 heavy (non-hydrogen) atoms. The Morgan fingerprint density at radius 3 is 2.67 bits per heavy atom. The largest absolute Gasteiger partial charge is 0.491 e. The molecule has 0 amide bonds. The van der Waals surface area contributed by atoms with E-state index in [-0.39, 0.29) is 6.10 Å². The first-order chi connectivity index (χ1) is 13.0. The van der Waals surface area contributed by atoms with E-state index in [1.807, 2.05) is 32.5 Å². The second-order valence-corrected chi connectivity index (χ2v) is 7.44. The summed E-state index contributed by atoms with van der Waals surface area (Å²) in [6.07, 6.45) is 2.92. The van der Waals surface area contributed by atoms with Crippen molar-refractivity contribution in [2.75, 3.05) is 6.54 Å². The van der Waals surface area contributed by atoms with E-state index in [2.05, 4.69) is 39.2 Å². The fourth-order valence-corrected chi connectivity index (χ4v) is 3.62. The van der Waals surface area contributed by atoms with Crippen molar-refractivity contribution >= 4 is 0 Å². The van der Waals surface area contributed by atoms with Gasteiger partial charge in [0.25, 0.3) is 0 Å². The maximum Gasteiger partial charge on any atom is 0.247 e. The van der Waals surface area contributed by atoms with Crippen LogP contribution in [0.3, 0.4) is 0 Å². The van der Waals surface area contributed by atoms with Gasteiger partial charge in [-0.1, -0.05) is 12.1 Å². The first-order valence-corrected chi connectivity index (χ1v) is 9.45. The molecule has 6 heteroatoms. The molecular formula is C21H26N4O2. The third kappa shape index (κ3) is 3.76. The smallest absolute Gasteiger partial charge is 0.247 e. The monoisotopic (exact) mass is 366 g/mol. The van der Waals surface area contributed by atoms with Gasteiger partial charge in [-0.2, -0.15) is 5.10 Å². The van der Waals surface area contributed by atoms with Crippen LogP contribution in [0.15, 0.2) is 34.9 Å². The molecule has 3 aromatic rings. The number of hydrogen-bond acceptors (Lipinski definition) is 5. The molecule has 0 spiro atoms. The number of aryl methyl sites for hydroxylation is 2. The number of oxazole rings is 1. The van der Waals surface area contributed by atoms with Crippen molar-refractivity contribution in [2.24, 2.45) is 7.05 Å². The normalized spacial score (nSPS) is 14.6. The average Bonchev–Trinajstić information content (AvgIpc) is 3.20. The minimum absolute atomic E-state index is 0.194. The van der Waals surface area contributed by atoms with E-state index in [0.717, 1.165) is 43.3 Å². The summed E-state index contributed by atoms with van der Waals surface area (Å²) >= 11 is 0. The van der Waals surface area contributed by atoms with Crippen molar-refractivity contribution < 1.29 is 9.15 Å². The molecule has 6 nitrogen and oxygen atoms in total. The van der Waals surface area contributed by atoms with E-state index in [0.29, 0.717) is 5.89 Å². The summed E-state index contributed by atoms with van der Waals surface area (Å²) in [5.41, 5.74) is 4.65. The molecule has 1 aromatic carbocycles. The van der Waals surface area contributed by atoms with E-state index in [4.69, 9.17) is 9.15 Å². The van der Waals surface area contributed by atoms with Crippen molar-refractivity contribution in [3.8, 4) is 17.3 Å². The summed E-state index contributed by atoms with van der Waals surface area (Å²) in [4.78, 5) is 6.82. The highest BCUT2D eigenvalue weighted by molar-refractivity contribution is 5.55. The van der Waals surface area contributed by atoms with Crippen molar-refractivity contribution in [3.63, 3.8) is 0 Å². The highest BCUT2D eigenvalue weighted by atomic mass is 16.5. The van der Waals surface area contributed by atoms with E-state index < -0.39 is 0 Å². The van der Waals surface area contributed by atoms with Crippen LogP contribution in [0.25, 0.3) is 11.6 Å². The van der Waals surface area contributed by atoms with Crippen molar-refractivity contribution in [2.45, 2.75) is 46.4 Å². The third-order valence-electron chi connectivity index (χ3n) is 4.85. The summed E-state index contributed by atoms with van der Waals surface area (Å²) < 4.78 is 13.4. The quantitative estimate of drug-likeness (QED) is 0.689. The second kappa shape index (κ2) is 7.19. The minimum Gasteiger partial charge on any atom is -0.491 e. The lowest BCUT2D eigenvalue weighted by Gasteiger charge is -2.27. The number of nitrogens with zero attached hydrogens (tertiary/aromatic N) is 4. The fourth-order valence-electron chi connectivity index (χ4n) is 3.62. The second-order valence-electron chi connectivity index (χ2n) is 7.44. The SMILES string of the molecule is Cc1cnc(-c2nn(C)c3c2CN(Cc2ccc(OC(C)C)cc2)CC3)o1. The van der Waals surface area contributed by atoms with Crippen LogP contribution in [0, 0.1) is 6.92 Å². The number of rotatable bonds is 5. The maximum atomic E-state index is 5.73. The van der Waals surface area contributed by atoms with Gasteiger partial charge >= 0.3 is 0 Å². The van der Waals surface area contributed by atoms with Crippen LogP contribution in [0.1, 0.15) is 36.4 Å². The van der Waals surface area contributed by atoms with E-state index in [9.17, 15) is 0 Å².